The van der Waals surface area contributed by atoms with E-state index < -0.39 is 53.2 Å². The summed E-state index contributed by atoms with van der Waals surface area (Å²) in [7, 11) is -1.30. The van der Waals surface area contributed by atoms with Crippen LogP contribution in [0.2, 0.25) is 0 Å². The Morgan fingerprint density at radius 3 is 1.56 bits per heavy atom. The Hall–Kier alpha value is -5.25. The van der Waals surface area contributed by atoms with E-state index in [9.17, 15) is 38.4 Å². The molecule has 2 saturated heterocycles. The Kier molecular flexibility index (Phi) is 14.7. The molecule has 5 aromatic carbocycles. The summed E-state index contributed by atoms with van der Waals surface area (Å²) >= 11 is 0. The summed E-state index contributed by atoms with van der Waals surface area (Å²) in [6.07, 6.45) is 4.76. The summed E-state index contributed by atoms with van der Waals surface area (Å²) in [5, 5.41) is 4.73. The second kappa shape index (κ2) is 19.2. The maximum Gasteiger partial charge on any atom is 0.266 e. The maximum absolute atomic E-state index is 13.2. The van der Waals surface area contributed by atoms with Crippen LogP contribution in [0.5, 0.6) is 0 Å². The number of amides is 8. The van der Waals surface area contributed by atoms with Crippen molar-refractivity contribution >= 4 is 86.6 Å². The SMILES string of the molecule is C.C.C=CCC1CC(=O)N(PN2C(=O)c3c[c-]ccc3C2=O)C1=O.C=CCC1CC(=O)N(PN2C(=O)c3ccc(C[c-]4c5ccccc5c5ccccc54)cc3C2=O)C1=O.[Y]. The minimum atomic E-state index is -0.669. The Morgan fingerprint density at radius 1 is 0.607 bits per heavy atom. The van der Waals surface area contributed by atoms with Crippen molar-refractivity contribution in [2.24, 2.45) is 11.8 Å². The van der Waals surface area contributed by atoms with Crippen LogP contribution in [0.3, 0.4) is 0 Å². The summed E-state index contributed by atoms with van der Waals surface area (Å²) in [4.78, 5) is 100.0. The van der Waals surface area contributed by atoms with E-state index in [-0.39, 0.29) is 95.2 Å². The van der Waals surface area contributed by atoms with Crippen molar-refractivity contribution in [3.8, 4) is 0 Å². The minimum absolute atomic E-state index is 0. The molecule has 4 aliphatic rings. The van der Waals surface area contributed by atoms with Gasteiger partial charge in [-0.15, -0.1) is 52.4 Å². The Morgan fingerprint density at radius 2 is 1.07 bits per heavy atom. The maximum atomic E-state index is 13.2. The molecule has 309 valence electrons. The number of imide groups is 4. The van der Waals surface area contributed by atoms with E-state index in [2.05, 4.69) is 43.5 Å². The van der Waals surface area contributed by atoms with Gasteiger partial charge in [-0.2, -0.15) is 24.3 Å². The molecule has 8 amide bonds. The van der Waals surface area contributed by atoms with Gasteiger partial charge in [-0.25, -0.2) is 18.7 Å². The van der Waals surface area contributed by atoms with E-state index in [1.807, 2.05) is 30.3 Å². The van der Waals surface area contributed by atoms with Crippen molar-refractivity contribution < 1.29 is 71.1 Å². The van der Waals surface area contributed by atoms with Gasteiger partial charge < -0.3 is 0 Å². The van der Waals surface area contributed by atoms with Crippen LogP contribution in [-0.4, -0.2) is 65.9 Å². The average Bonchev–Trinajstić information content (AvgIpc) is 3.93. The fourth-order valence-electron chi connectivity index (χ4n) is 7.78. The smallest absolute Gasteiger partial charge is 0.266 e. The molecule has 5 aromatic rings. The first kappa shape index (κ1) is 46.8. The van der Waals surface area contributed by atoms with Gasteiger partial charge in [0.1, 0.15) is 8.88 Å². The number of rotatable bonds is 10. The van der Waals surface area contributed by atoms with Gasteiger partial charge in [0.25, 0.3) is 11.8 Å². The molecule has 0 saturated carbocycles. The van der Waals surface area contributed by atoms with Crippen LogP contribution < -0.4 is 0 Å². The van der Waals surface area contributed by atoms with Crippen molar-refractivity contribution in [3.63, 3.8) is 0 Å². The number of nitrogens with zero attached hydrogens (tertiary/aromatic N) is 4. The van der Waals surface area contributed by atoms with E-state index in [0.29, 0.717) is 30.4 Å². The second-order valence-electron chi connectivity index (χ2n) is 14.2. The Balaban J connectivity index is 0.000000244. The van der Waals surface area contributed by atoms with Crippen LogP contribution in [-0.2, 0) is 58.3 Å². The Bertz CT molecular complexity index is 2590. The normalized spacial score (nSPS) is 18.3. The van der Waals surface area contributed by atoms with Crippen LogP contribution in [0.25, 0.3) is 21.5 Å². The number of hydrogen-bond donors (Lipinski definition) is 0. The first-order valence-corrected chi connectivity index (χ1v) is 20.2. The van der Waals surface area contributed by atoms with Crippen molar-refractivity contribution in [2.45, 2.75) is 47.0 Å². The van der Waals surface area contributed by atoms with Gasteiger partial charge in [-0.1, -0.05) is 80.6 Å². The largest absolute Gasteiger partial charge is 0.283 e. The molecule has 4 aliphatic heterocycles. The van der Waals surface area contributed by atoms with E-state index in [1.165, 1.54) is 39.2 Å². The summed E-state index contributed by atoms with van der Waals surface area (Å²) in [5.74, 6) is -4.29. The van der Waals surface area contributed by atoms with Gasteiger partial charge in [0.15, 0.2) is 0 Å². The molecular weight excluding hydrogens is 887 g/mol. The van der Waals surface area contributed by atoms with Crippen LogP contribution in [0.1, 0.15) is 93.1 Å². The van der Waals surface area contributed by atoms with E-state index in [1.54, 1.807) is 30.4 Å². The third-order valence-corrected chi connectivity index (χ3v) is 13.2. The predicted molar refractivity (Wildman–Crippen MR) is 232 cm³/mol. The molecular formula is C46H42N4O8P2Y-2. The number of carbonyl (C=O) groups is 8. The molecule has 12 nitrogen and oxygen atoms in total. The monoisotopic (exact) mass is 929 g/mol. The number of fused-ring (bicyclic) bond motifs is 5. The number of allylic oxidation sites excluding steroid dienone is 2. The molecule has 0 aromatic heterocycles. The molecule has 4 heterocycles. The van der Waals surface area contributed by atoms with Crippen molar-refractivity contribution in [2.75, 3.05) is 0 Å². The van der Waals surface area contributed by atoms with E-state index >= 15 is 0 Å². The second-order valence-corrected chi connectivity index (χ2v) is 16.4. The molecule has 61 heavy (non-hydrogen) atoms. The van der Waals surface area contributed by atoms with E-state index in [0.717, 1.165) is 24.2 Å². The van der Waals surface area contributed by atoms with Crippen LogP contribution in [0, 0.1) is 17.9 Å². The van der Waals surface area contributed by atoms with Gasteiger partial charge in [0.05, 0.1) is 31.8 Å². The summed E-state index contributed by atoms with van der Waals surface area (Å²) < 4.78 is 4.01. The quantitative estimate of drug-likeness (QED) is 0.0590. The molecule has 9 rings (SSSR count). The van der Waals surface area contributed by atoms with Crippen molar-refractivity contribution in [1.82, 2.24) is 18.7 Å². The molecule has 0 N–H and O–H groups in total. The number of hydrogen-bond acceptors (Lipinski definition) is 8. The number of benzene rings is 4. The molecule has 4 atom stereocenters. The van der Waals surface area contributed by atoms with Crippen molar-refractivity contribution in [1.29, 1.82) is 0 Å². The average molecular weight is 930 g/mol. The Labute approximate surface area is 382 Å². The fraction of sp³-hybridized carbons (Fsp3) is 0.196. The first-order chi connectivity index (χ1) is 28.0. The zero-order chi connectivity index (χ0) is 40.8. The van der Waals surface area contributed by atoms with Gasteiger partial charge in [0.2, 0.25) is 35.4 Å². The molecule has 0 bridgehead atoms. The molecule has 1 radical (unpaired) electrons. The van der Waals surface area contributed by atoms with Crippen LogP contribution >= 0.6 is 17.8 Å². The van der Waals surface area contributed by atoms with Gasteiger partial charge in [-0.05, 0) is 37.0 Å². The fourth-order valence-corrected chi connectivity index (χ4v) is 9.99. The van der Waals surface area contributed by atoms with Crippen LogP contribution in [0.4, 0.5) is 0 Å². The first-order valence-electron chi connectivity index (χ1n) is 18.5. The molecule has 0 aliphatic carbocycles. The standard InChI is InChI=1S/C29H22N2O4P.C15H12N2O4P.2CH4.Y/c1-2-7-18-16-26(32)30(27(18)33)36-31-28(34)23-13-12-17(15-25(23)29(31)35)14-24-21-10-5-3-8-19(21)20-9-4-6-11-22(20)24;1-2-5-9-8-12(18)16(13(9)19)22-17-14(20)10-6-3-4-7-11(10)15(17)21;;;/h2-6,8-13,15,18,36H,1,7,14,16H2;2-3,6-7,9,22H,1,5,8H2;2*1H4;/q2*-1;;;. The topological polar surface area (TPSA) is 150 Å². The molecule has 2 fully saturated rings. The van der Waals surface area contributed by atoms with Gasteiger partial charge in [0, 0.05) is 45.6 Å². The summed E-state index contributed by atoms with van der Waals surface area (Å²) in [6.45, 7) is 7.19. The van der Waals surface area contributed by atoms with Gasteiger partial charge >= 0.3 is 0 Å². The molecule has 15 heteroatoms. The molecule has 0 spiro atoms. The predicted octanol–water partition coefficient (Wildman–Crippen LogP) is 8.17. The summed E-state index contributed by atoms with van der Waals surface area (Å²) in [5.41, 5.74) is 3.24. The van der Waals surface area contributed by atoms with Crippen LogP contribution in [0.15, 0.2) is 110 Å². The third kappa shape index (κ3) is 8.39. The summed E-state index contributed by atoms with van der Waals surface area (Å²) in [6, 6.07) is 29.1. The van der Waals surface area contributed by atoms with Crippen molar-refractivity contribution in [3.05, 3.63) is 150 Å². The number of carbonyl (C=O) groups excluding carboxylic acids is 8. The van der Waals surface area contributed by atoms with Gasteiger partial charge in [-0.3, -0.25) is 38.4 Å². The zero-order valence-corrected chi connectivity index (χ0v) is 36.3. The zero-order valence-electron chi connectivity index (χ0n) is 31.5. The molecule has 4 unspecified atom stereocenters. The third-order valence-electron chi connectivity index (χ3n) is 10.6. The minimum Gasteiger partial charge on any atom is -0.283 e. The van der Waals surface area contributed by atoms with E-state index in [4.69, 9.17) is 0 Å².